The predicted octanol–water partition coefficient (Wildman–Crippen LogP) is 1.32. The number of nitrogens with zero attached hydrogens (tertiary/aromatic N) is 1. The number of nitrogens with two attached hydrogens (primary N) is 1. The zero-order valence-electron chi connectivity index (χ0n) is 10.3. The van der Waals surface area contributed by atoms with Crippen molar-refractivity contribution in [3.05, 3.63) is 15.8 Å². The summed E-state index contributed by atoms with van der Waals surface area (Å²) in [6.45, 7) is 4.90. The molecule has 0 radical (unpaired) electrons. The van der Waals surface area contributed by atoms with Crippen molar-refractivity contribution < 1.29 is 4.79 Å². The van der Waals surface area contributed by atoms with Gasteiger partial charge in [-0.3, -0.25) is 4.79 Å². The molecule has 1 aliphatic heterocycles. The highest BCUT2D eigenvalue weighted by Gasteiger charge is 2.20. The van der Waals surface area contributed by atoms with Crippen molar-refractivity contribution in [1.82, 2.24) is 10.2 Å². The Labute approximate surface area is 106 Å². The molecule has 1 amide bonds. The fourth-order valence-electron chi connectivity index (χ4n) is 2.13. The Balaban J connectivity index is 1.85. The smallest absolute Gasteiger partial charge is 0.261 e. The van der Waals surface area contributed by atoms with E-state index >= 15 is 0 Å². The number of rotatable bonds is 3. The molecule has 1 fully saturated rings. The number of aryl methyl sites for hydroxylation is 1. The summed E-state index contributed by atoms with van der Waals surface area (Å²) >= 11 is 1.46. The monoisotopic (exact) mass is 253 g/mol. The van der Waals surface area contributed by atoms with Gasteiger partial charge < -0.3 is 16.0 Å². The molecule has 0 aromatic carbocycles. The number of carbonyl (C=O) groups is 1. The Morgan fingerprint density at radius 3 is 3.00 bits per heavy atom. The van der Waals surface area contributed by atoms with Crippen LogP contribution in [0.1, 0.15) is 21.0 Å². The van der Waals surface area contributed by atoms with Crippen LogP contribution in [0, 0.1) is 12.8 Å². The first kappa shape index (κ1) is 12.4. The molecule has 0 bridgehead atoms. The van der Waals surface area contributed by atoms with Crippen molar-refractivity contribution in [2.24, 2.45) is 5.92 Å². The topological polar surface area (TPSA) is 58.4 Å². The Kier molecular flexibility index (Phi) is 3.69. The van der Waals surface area contributed by atoms with E-state index in [-0.39, 0.29) is 5.91 Å². The highest BCUT2D eigenvalue weighted by molar-refractivity contribution is 7.14. The van der Waals surface area contributed by atoms with Crippen LogP contribution in [0.25, 0.3) is 0 Å². The summed E-state index contributed by atoms with van der Waals surface area (Å²) in [5.41, 5.74) is 6.45. The first-order valence-electron chi connectivity index (χ1n) is 5.89. The average molecular weight is 253 g/mol. The largest absolute Gasteiger partial charge is 0.398 e. The fourth-order valence-corrected chi connectivity index (χ4v) is 2.98. The third kappa shape index (κ3) is 2.98. The highest BCUT2D eigenvalue weighted by atomic mass is 32.1. The Morgan fingerprint density at radius 1 is 1.71 bits per heavy atom. The minimum Gasteiger partial charge on any atom is -0.398 e. The van der Waals surface area contributed by atoms with Gasteiger partial charge in [0.25, 0.3) is 5.91 Å². The second-order valence-corrected chi connectivity index (χ2v) is 6.01. The lowest BCUT2D eigenvalue weighted by molar-refractivity contribution is 0.0951. The van der Waals surface area contributed by atoms with E-state index < -0.39 is 0 Å². The lowest BCUT2D eigenvalue weighted by Crippen LogP contribution is -2.29. The van der Waals surface area contributed by atoms with Gasteiger partial charge in [0.1, 0.15) is 0 Å². The van der Waals surface area contributed by atoms with Crippen LogP contribution in [0.4, 0.5) is 5.69 Å². The molecular formula is C12H19N3OS. The molecule has 1 aromatic heterocycles. The minimum absolute atomic E-state index is 0.00403. The van der Waals surface area contributed by atoms with E-state index in [1.807, 2.05) is 6.92 Å². The van der Waals surface area contributed by atoms with Gasteiger partial charge in [-0.1, -0.05) is 0 Å². The third-order valence-electron chi connectivity index (χ3n) is 3.22. The second kappa shape index (κ2) is 5.06. The van der Waals surface area contributed by atoms with Gasteiger partial charge in [0, 0.05) is 23.7 Å². The zero-order chi connectivity index (χ0) is 12.4. The molecule has 94 valence electrons. The number of nitrogen functional groups attached to an aromatic ring is 1. The normalized spacial score (nSPS) is 20.7. The molecule has 0 aliphatic carbocycles. The van der Waals surface area contributed by atoms with Crippen LogP contribution in [0.3, 0.4) is 0 Å². The predicted molar refractivity (Wildman–Crippen MR) is 71.4 cm³/mol. The van der Waals surface area contributed by atoms with Crippen molar-refractivity contribution >= 4 is 22.9 Å². The molecule has 1 unspecified atom stereocenters. The van der Waals surface area contributed by atoms with Crippen molar-refractivity contribution in [3.8, 4) is 0 Å². The minimum atomic E-state index is 0.00403. The molecule has 2 rings (SSSR count). The van der Waals surface area contributed by atoms with E-state index in [0.29, 0.717) is 16.5 Å². The highest BCUT2D eigenvalue weighted by Crippen LogP contribution is 2.23. The molecular weight excluding hydrogens is 234 g/mol. The summed E-state index contributed by atoms with van der Waals surface area (Å²) < 4.78 is 0. The van der Waals surface area contributed by atoms with Gasteiger partial charge in [0.15, 0.2) is 0 Å². The van der Waals surface area contributed by atoms with E-state index in [1.165, 1.54) is 17.8 Å². The summed E-state index contributed by atoms with van der Waals surface area (Å²) in [4.78, 5) is 15.9. The van der Waals surface area contributed by atoms with E-state index in [1.54, 1.807) is 6.07 Å². The van der Waals surface area contributed by atoms with Crippen LogP contribution in [0.15, 0.2) is 6.07 Å². The number of nitrogens with one attached hydrogen (secondary N) is 1. The van der Waals surface area contributed by atoms with Gasteiger partial charge in [-0.2, -0.15) is 0 Å². The number of hydrogen-bond donors (Lipinski definition) is 2. The number of carbonyl (C=O) groups excluding carboxylic acids is 1. The van der Waals surface area contributed by atoms with Crippen molar-refractivity contribution in [2.45, 2.75) is 13.3 Å². The quantitative estimate of drug-likeness (QED) is 0.854. The van der Waals surface area contributed by atoms with Crippen LogP contribution in [0.5, 0.6) is 0 Å². The number of thiophene rings is 1. The molecule has 3 N–H and O–H groups in total. The molecule has 0 spiro atoms. The van der Waals surface area contributed by atoms with Gasteiger partial charge in [-0.05, 0) is 38.9 Å². The zero-order valence-corrected chi connectivity index (χ0v) is 11.1. The summed E-state index contributed by atoms with van der Waals surface area (Å²) in [6, 6.07) is 1.76. The van der Waals surface area contributed by atoms with Crippen LogP contribution in [-0.2, 0) is 0 Å². The molecule has 1 aliphatic rings. The van der Waals surface area contributed by atoms with Gasteiger partial charge in [-0.25, -0.2) is 0 Å². The second-order valence-electron chi connectivity index (χ2n) is 4.75. The van der Waals surface area contributed by atoms with E-state index in [0.717, 1.165) is 24.5 Å². The van der Waals surface area contributed by atoms with E-state index in [2.05, 4.69) is 17.3 Å². The summed E-state index contributed by atoms with van der Waals surface area (Å²) in [5.74, 6) is 0.590. The van der Waals surface area contributed by atoms with Crippen molar-refractivity contribution in [3.63, 3.8) is 0 Å². The Hall–Kier alpha value is -1.07. The third-order valence-corrected chi connectivity index (χ3v) is 4.29. The summed E-state index contributed by atoms with van der Waals surface area (Å²) in [5, 5.41) is 2.99. The lowest BCUT2D eigenvalue weighted by atomic mass is 10.1. The maximum atomic E-state index is 11.9. The summed E-state index contributed by atoms with van der Waals surface area (Å²) in [6.07, 6.45) is 1.17. The van der Waals surface area contributed by atoms with E-state index in [4.69, 9.17) is 5.73 Å². The molecule has 1 aromatic rings. The molecule has 0 saturated carbocycles. The average Bonchev–Trinajstić information content (AvgIpc) is 2.83. The maximum Gasteiger partial charge on any atom is 0.261 e. The Bertz CT molecular complexity index is 396. The number of hydrogen-bond acceptors (Lipinski definition) is 4. The van der Waals surface area contributed by atoms with Crippen LogP contribution in [0.2, 0.25) is 0 Å². The van der Waals surface area contributed by atoms with Crippen LogP contribution in [-0.4, -0.2) is 37.5 Å². The maximum absolute atomic E-state index is 11.9. The fraction of sp³-hybridized carbons (Fsp3) is 0.583. The van der Waals surface area contributed by atoms with Crippen molar-refractivity contribution in [2.75, 3.05) is 32.4 Å². The van der Waals surface area contributed by atoms with E-state index in [9.17, 15) is 4.79 Å². The van der Waals surface area contributed by atoms with Crippen molar-refractivity contribution in [1.29, 1.82) is 0 Å². The number of likely N-dealkylation sites (tertiary alicyclic amines) is 1. The molecule has 2 heterocycles. The molecule has 1 saturated heterocycles. The molecule has 17 heavy (non-hydrogen) atoms. The summed E-state index contributed by atoms with van der Waals surface area (Å²) in [7, 11) is 2.12. The molecule has 5 heteroatoms. The molecule has 4 nitrogen and oxygen atoms in total. The van der Waals surface area contributed by atoms with Crippen LogP contribution >= 0.6 is 11.3 Å². The number of amides is 1. The SMILES string of the molecule is Cc1sc(C(=O)NCC2CCN(C)C2)cc1N. The first-order valence-corrected chi connectivity index (χ1v) is 6.70. The standard InChI is InChI=1S/C12H19N3OS/c1-8-10(13)5-11(17-8)12(16)14-6-9-3-4-15(2)7-9/h5,9H,3-4,6-7,13H2,1-2H3,(H,14,16). The Morgan fingerprint density at radius 2 is 2.47 bits per heavy atom. The number of anilines is 1. The lowest BCUT2D eigenvalue weighted by Gasteiger charge is -2.10. The first-order chi connectivity index (χ1) is 8.06. The van der Waals surface area contributed by atoms with Crippen LogP contribution < -0.4 is 11.1 Å². The van der Waals surface area contributed by atoms with Gasteiger partial charge in [-0.15, -0.1) is 11.3 Å². The van der Waals surface area contributed by atoms with Gasteiger partial charge in [0.2, 0.25) is 0 Å². The van der Waals surface area contributed by atoms with Gasteiger partial charge in [0.05, 0.1) is 4.88 Å². The molecule has 1 atom stereocenters. The van der Waals surface area contributed by atoms with Gasteiger partial charge >= 0.3 is 0 Å².